The molecule has 6 heteroatoms. The van der Waals surface area contributed by atoms with Gasteiger partial charge in [0.25, 0.3) is 5.91 Å². The maximum atomic E-state index is 12.9. The molecule has 2 unspecified atom stereocenters. The topological polar surface area (TPSA) is 67.6 Å². The number of carbonyl (C=O) groups is 1. The SMILES string of the molecule is CN1C2CCC1CC(NC(=O)c1cc(Cl)c(N)cc1OCC1CC1)C2. The fourth-order valence-corrected chi connectivity index (χ4v) is 4.31. The van der Waals surface area contributed by atoms with Gasteiger partial charge in [-0.05, 0) is 57.6 Å². The first-order chi connectivity index (χ1) is 12.0. The highest BCUT2D eigenvalue weighted by atomic mass is 35.5. The second-order valence-electron chi connectivity index (χ2n) is 7.82. The quantitative estimate of drug-likeness (QED) is 0.789. The molecule has 1 aliphatic carbocycles. The second kappa shape index (κ2) is 6.69. The summed E-state index contributed by atoms with van der Waals surface area (Å²) >= 11 is 6.16. The molecule has 2 aliphatic heterocycles. The van der Waals surface area contributed by atoms with Crippen molar-refractivity contribution in [3.05, 3.63) is 22.7 Å². The summed E-state index contributed by atoms with van der Waals surface area (Å²) in [6.45, 7) is 0.639. The van der Waals surface area contributed by atoms with Crippen LogP contribution in [0.15, 0.2) is 12.1 Å². The lowest BCUT2D eigenvalue weighted by molar-refractivity contribution is 0.0878. The van der Waals surface area contributed by atoms with Crippen LogP contribution in [-0.4, -0.2) is 42.6 Å². The van der Waals surface area contributed by atoms with Gasteiger partial charge in [-0.1, -0.05) is 11.6 Å². The number of nitrogens with one attached hydrogen (secondary N) is 1. The van der Waals surface area contributed by atoms with Crippen molar-refractivity contribution < 1.29 is 9.53 Å². The zero-order valence-electron chi connectivity index (χ0n) is 14.6. The first-order valence-electron chi connectivity index (χ1n) is 9.26. The summed E-state index contributed by atoms with van der Waals surface area (Å²) in [5.41, 5.74) is 6.84. The van der Waals surface area contributed by atoms with Crippen LogP contribution in [0.1, 0.15) is 48.9 Å². The van der Waals surface area contributed by atoms with Crippen molar-refractivity contribution >= 4 is 23.2 Å². The third-order valence-electron chi connectivity index (χ3n) is 5.95. The molecule has 0 aromatic heterocycles. The number of nitrogen functional groups attached to an aromatic ring is 1. The standard InChI is InChI=1S/C19H26ClN3O2/c1-23-13-4-5-14(23)7-12(6-13)22-19(24)15-8-16(20)17(21)9-18(15)25-10-11-2-3-11/h8-9,11-14H,2-7,10,21H2,1H3,(H,22,24). The summed E-state index contributed by atoms with van der Waals surface area (Å²) < 4.78 is 5.87. The molecule has 2 saturated heterocycles. The lowest BCUT2D eigenvalue weighted by atomic mass is 9.97. The van der Waals surface area contributed by atoms with Crippen LogP contribution in [0.2, 0.25) is 5.02 Å². The van der Waals surface area contributed by atoms with Crippen LogP contribution in [0, 0.1) is 5.92 Å². The molecule has 3 fully saturated rings. The summed E-state index contributed by atoms with van der Waals surface area (Å²) in [4.78, 5) is 15.3. The average molecular weight is 364 g/mol. The van der Waals surface area contributed by atoms with E-state index in [-0.39, 0.29) is 11.9 Å². The molecule has 5 nitrogen and oxygen atoms in total. The number of hydrogen-bond acceptors (Lipinski definition) is 4. The highest BCUT2D eigenvalue weighted by molar-refractivity contribution is 6.33. The number of ether oxygens (including phenoxy) is 1. The van der Waals surface area contributed by atoms with Crippen molar-refractivity contribution in [1.82, 2.24) is 10.2 Å². The number of hydrogen-bond donors (Lipinski definition) is 2. The average Bonchev–Trinajstić information content (AvgIpc) is 3.37. The molecule has 3 aliphatic rings. The first kappa shape index (κ1) is 17.0. The van der Waals surface area contributed by atoms with Crippen LogP contribution in [0.25, 0.3) is 0 Å². The normalized spacial score (nSPS) is 28.8. The van der Waals surface area contributed by atoms with E-state index in [4.69, 9.17) is 22.1 Å². The molecule has 136 valence electrons. The van der Waals surface area contributed by atoms with E-state index < -0.39 is 0 Å². The minimum atomic E-state index is -0.110. The molecule has 1 amide bonds. The number of rotatable bonds is 5. The molecule has 1 aromatic carbocycles. The number of fused-ring (bicyclic) bond motifs is 2. The molecule has 1 aromatic rings. The van der Waals surface area contributed by atoms with Crippen molar-refractivity contribution in [1.29, 1.82) is 0 Å². The number of carbonyl (C=O) groups excluding carboxylic acids is 1. The number of anilines is 1. The van der Waals surface area contributed by atoms with Crippen molar-refractivity contribution in [3.63, 3.8) is 0 Å². The number of halogens is 1. The van der Waals surface area contributed by atoms with Crippen LogP contribution >= 0.6 is 11.6 Å². The maximum absolute atomic E-state index is 12.9. The fraction of sp³-hybridized carbons (Fsp3) is 0.632. The van der Waals surface area contributed by atoms with E-state index in [1.165, 1.54) is 25.7 Å². The minimum absolute atomic E-state index is 0.110. The molecule has 4 rings (SSSR count). The third kappa shape index (κ3) is 3.58. The molecule has 2 atom stereocenters. The molecule has 2 bridgehead atoms. The molecule has 3 N–H and O–H groups in total. The number of nitrogens with zero attached hydrogens (tertiary/aromatic N) is 1. The summed E-state index contributed by atoms with van der Waals surface area (Å²) in [5.74, 6) is 1.04. The molecule has 1 saturated carbocycles. The molecular formula is C19H26ClN3O2. The number of nitrogens with two attached hydrogens (primary N) is 1. The summed E-state index contributed by atoms with van der Waals surface area (Å²) in [5, 5.41) is 3.60. The Labute approximate surface area is 153 Å². The number of benzene rings is 1. The van der Waals surface area contributed by atoms with Crippen molar-refractivity contribution in [2.75, 3.05) is 19.4 Å². The smallest absolute Gasteiger partial charge is 0.255 e. The Balaban J connectivity index is 1.47. The lowest BCUT2D eigenvalue weighted by Crippen LogP contribution is -2.48. The van der Waals surface area contributed by atoms with E-state index in [2.05, 4.69) is 17.3 Å². The van der Waals surface area contributed by atoms with E-state index in [0.717, 1.165) is 12.8 Å². The molecule has 0 spiro atoms. The number of amides is 1. The molecular weight excluding hydrogens is 338 g/mol. The van der Waals surface area contributed by atoms with Gasteiger partial charge in [0.2, 0.25) is 0 Å². The van der Waals surface area contributed by atoms with E-state index in [9.17, 15) is 4.79 Å². The van der Waals surface area contributed by atoms with Gasteiger partial charge in [-0.2, -0.15) is 0 Å². The Kier molecular flexibility index (Phi) is 4.54. The Hall–Kier alpha value is -1.46. The van der Waals surface area contributed by atoms with Crippen molar-refractivity contribution in [2.45, 2.75) is 56.7 Å². The van der Waals surface area contributed by atoms with Gasteiger partial charge in [0.1, 0.15) is 5.75 Å². The fourth-order valence-electron chi connectivity index (χ4n) is 4.15. The van der Waals surface area contributed by atoms with Crippen LogP contribution < -0.4 is 15.8 Å². The molecule has 25 heavy (non-hydrogen) atoms. The van der Waals surface area contributed by atoms with Gasteiger partial charge in [0.05, 0.1) is 22.9 Å². The summed E-state index contributed by atoms with van der Waals surface area (Å²) in [6, 6.07) is 4.71. The number of piperidine rings is 1. The largest absolute Gasteiger partial charge is 0.492 e. The van der Waals surface area contributed by atoms with Crippen molar-refractivity contribution in [3.8, 4) is 5.75 Å². The van der Waals surface area contributed by atoms with Crippen molar-refractivity contribution in [2.24, 2.45) is 5.92 Å². The van der Waals surface area contributed by atoms with Gasteiger partial charge in [-0.15, -0.1) is 0 Å². The van der Waals surface area contributed by atoms with Gasteiger partial charge in [-0.3, -0.25) is 4.79 Å². The molecule has 0 radical (unpaired) electrons. The summed E-state index contributed by atoms with van der Waals surface area (Å²) in [6.07, 6.45) is 6.89. The van der Waals surface area contributed by atoms with E-state index in [1.54, 1.807) is 12.1 Å². The Morgan fingerprint density at radius 3 is 2.60 bits per heavy atom. The highest BCUT2D eigenvalue weighted by Crippen LogP contribution is 2.36. The van der Waals surface area contributed by atoms with Crippen LogP contribution in [0.3, 0.4) is 0 Å². The maximum Gasteiger partial charge on any atom is 0.255 e. The van der Waals surface area contributed by atoms with Crippen LogP contribution in [0.4, 0.5) is 5.69 Å². The van der Waals surface area contributed by atoms with E-state index >= 15 is 0 Å². The lowest BCUT2D eigenvalue weighted by Gasteiger charge is -2.36. The van der Waals surface area contributed by atoms with Crippen LogP contribution in [0.5, 0.6) is 5.75 Å². The Morgan fingerprint density at radius 2 is 1.96 bits per heavy atom. The van der Waals surface area contributed by atoms with Gasteiger partial charge in [0, 0.05) is 24.2 Å². The second-order valence-corrected chi connectivity index (χ2v) is 8.22. The highest BCUT2D eigenvalue weighted by Gasteiger charge is 2.39. The van der Waals surface area contributed by atoms with Gasteiger partial charge < -0.3 is 20.7 Å². The Morgan fingerprint density at radius 1 is 1.28 bits per heavy atom. The third-order valence-corrected chi connectivity index (χ3v) is 6.28. The monoisotopic (exact) mass is 363 g/mol. The van der Waals surface area contributed by atoms with E-state index in [0.29, 0.717) is 46.6 Å². The minimum Gasteiger partial charge on any atom is -0.492 e. The van der Waals surface area contributed by atoms with Crippen LogP contribution in [-0.2, 0) is 0 Å². The molecule has 2 heterocycles. The first-order valence-corrected chi connectivity index (χ1v) is 9.63. The Bertz CT molecular complexity index is 663. The summed E-state index contributed by atoms with van der Waals surface area (Å²) in [7, 11) is 2.20. The predicted octanol–water partition coefficient (Wildman–Crippen LogP) is 3.07. The van der Waals surface area contributed by atoms with E-state index in [1.807, 2.05) is 0 Å². The van der Waals surface area contributed by atoms with Gasteiger partial charge in [0.15, 0.2) is 0 Å². The zero-order valence-corrected chi connectivity index (χ0v) is 15.4. The van der Waals surface area contributed by atoms with Gasteiger partial charge >= 0.3 is 0 Å². The zero-order chi connectivity index (χ0) is 17.6. The predicted molar refractivity (Wildman–Crippen MR) is 99.1 cm³/mol. The van der Waals surface area contributed by atoms with Gasteiger partial charge in [-0.25, -0.2) is 0 Å².